The Balaban J connectivity index is 1.38. The van der Waals surface area contributed by atoms with Crippen LogP contribution in [-0.2, 0) is 25.8 Å². The van der Waals surface area contributed by atoms with E-state index >= 15 is 0 Å². The van der Waals surface area contributed by atoms with E-state index in [1.165, 1.54) is 23.8 Å². The van der Waals surface area contributed by atoms with Gasteiger partial charge in [-0.05, 0) is 12.1 Å². The summed E-state index contributed by atoms with van der Waals surface area (Å²) >= 11 is 1.33. The Bertz CT molecular complexity index is 1410. The standard InChI is InChI=1S/C20H17N7O7S/c1-32-24-11(14-23-20(21)34-25-14)15(28)22-12-16(29)27-13(19(30)31)10(8-35-18(12)27)7-26-5-2-3-9-4-6-33-17(9)26/h2-6,12,18H,7-8H2,1H3,(H3-,21,22,23,25,28,30,31)/p+1/t12?,18-/m0/s1. The van der Waals surface area contributed by atoms with Crippen molar-refractivity contribution in [2.45, 2.75) is 18.0 Å². The van der Waals surface area contributed by atoms with Gasteiger partial charge < -0.3 is 29.9 Å². The third kappa shape index (κ3) is 3.84. The number of nitrogen functional groups attached to an aromatic ring is 1. The van der Waals surface area contributed by atoms with Gasteiger partial charge in [-0.3, -0.25) is 14.5 Å². The van der Waals surface area contributed by atoms with Crippen molar-refractivity contribution in [1.82, 2.24) is 20.4 Å². The molecule has 1 unspecified atom stereocenters. The maximum atomic E-state index is 13.0. The van der Waals surface area contributed by atoms with Crippen molar-refractivity contribution in [3.8, 4) is 0 Å². The van der Waals surface area contributed by atoms with Gasteiger partial charge in [0.1, 0.15) is 24.2 Å². The highest BCUT2D eigenvalue weighted by molar-refractivity contribution is 8.00. The normalized spacial score (nSPS) is 20.0. The zero-order chi connectivity index (χ0) is 24.7. The Morgan fingerprint density at radius 2 is 2.29 bits per heavy atom. The van der Waals surface area contributed by atoms with Crippen LogP contribution in [0.4, 0.5) is 6.01 Å². The first kappa shape index (κ1) is 22.4. The summed E-state index contributed by atoms with van der Waals surface area (Å²) in [4.78, 5) is 47.5. The van der Waals surface area contributed by atoms with Gasteiger partial charge in [-0.25, -0.2) is 4.79 Å². The molecule has 1 fully saturated rings. The number of fused-ring (bicyclic) bond motifs is 2. The van der Waals surface area contributed by atoms with E-state index in [2.05, 4.69) is 30.0 Å². The first-order chi connectivity index (χ1) is 16.9. The molecule has 3 aromatic heterocycles. The molecule has 2 aliphatic rings. The van der Waals surface area contributed by atoms with Crippen LogP contribution in [-0.4, -0.2) is 67.9 Å². The number of rotatable bonds is 7. The van der Waals surface area contributed by atoms with Gasteiger partial charge in [-0.15, -0.1) is 11.8 Å². The Labute approximate surface area is 200 Å². The summed E-state index contributed by atoms with van der Waals surface area (Å²) in [5, 5.41) is 19.8. The number of pyridine rings is 1. The molecule has 2 amide bonds. The largest absolute Gasteiger partial charge is 0.477 e. The zero-order valence-electron chi connectivity index (χ0n) is 18.1. The van der Waals surface area contributed by atoms with E-state index in [1.807, 2.05) is 12.1 Å². The molecule has 0 bridgehead atoms. The van der Waals surface area contributed by atoms with E-state index in [0.29, 0.717) is 17.0 Å². The lowest BCUT2D eigenvalue weighted by Gasteiger charge is -2.49. The number of furan rings is 1. The van der Waals surface area contributed by atoms with Gasteiger partial charge in [0.05, 0.1) is 11.6 Å². The molecule has 3 aromatic rings. The topological polar surface area (TPSA) is 190 Å². The number of nitrogens with one attached hydrogen (secondary N) is 1. The Hall–Kier alpha value is -4.40. The highest BCUT2D eigenvalue weighted by Gasteiger charge is 2.55. The maximum absolute atomic E-state index is 13.0. The fraction of sp³-hybridized carbons (Fsp3) is 0.250. The van der Waals surface area contributed by atoms with Crippen LogP contribution < -0.4 is 15.6 Å². The monoisotopic (exact) mass is 500 g/mol. The Morgan fingerprint density at radius 3 is 3.00 bits per heavy atom. The van der Waals surface area contributed by atoms with Crippen molar-refractivity contribution in [2.24, 2.45) is 5.16 Å². The van der Waals surface area contributed by atoms with Gasteiger partial charge in [0.15, 0.2) is 12.7 Å². The van der Waals surface area contributed by atoms with Gasteiger partial charge in [0.25, 0.3) is 11.8 Å². The SMILES string of the molecule is CON=C(C(=O)NC1C(=O)N2C(C(=O)O)=C(C[n+]3cccc4ccoc43)CS[C@@H]12)c1noc(N)n1. The molecule has 0 radical (unpaired) electrons. The smallest absolute Gasteiger partial charge is 0.380 e. The van der Waals surface area contributed by atoms with Crippen LogP contribution in [0, 0.1) is 0 Å². The number of anilines is 1. The van der Waals surface area contributed by atoms with Crippen LogP contribution in [0.25, 0.3) is 11.1 Å². The van der Waals surface area contributed by atoms with Crippen LogP contribution in [0.2, 0.25) is 0 Å². The molecule has 5 heterocycles. The predicted octanol–water partition coefficient (Wildman–Crippen LogP) is -0.525. The quantitative estimate of drug-likeness (QED) is 0.164. The van der Waals surface area contributed by atoms with Crippen LogP contribution >= 0.6 is 11.8 Å². The van der Waals surface area contributed by atoms with Crippen molar-refractivity contribution in [3.05, 3.63) is 47.8 Å². The summed E-state index contributed by atoms with van der Waals surface area (Å²) in [5.74, 6) is -2.51. The predicted molar refractivity (Wildman–Crippen MR) is 118 cm³/mol. The molecule has 2 atom stereocenters. The highest BCUT2D eigenvalue weighted by atomic mass is 32.2. The molecular weight excluding hydrogens is 482 g/mol. The number of nitrogens with zero attached hydrogens (tertiary/aromatic N) is 5. The lowest BCUT2D eigenvalue weighted by Crippen LogP contribution is -2.71. The number of nitrogens with two attached hydrogens (primary N) is 1. The molecule has 15 heteroatoms. The van der Waals surface area contributed by atoms with Crippen molar-refractivity contribution >= 4 is 52.4 Å². The second kappa shape index (κ2) is 8.75. The molecule has 1 saturated heterocycles. The van der Waals surface area contributed by atoms with Gasteiger partial charge in [-0.1, -0.05) is 10.3 Å². The van der Waals surface area contributed by atoms with Crippen LogP contribution in [0.1, 0.15) is 5.82 Å². The number of carbonyl (C=O) groups excluding carboxylic acids is 2. The number of thioether (sulfide) groups is 1. The minimum Gasteiger partial charge on any atom is -0.477 e. The molecule has 0 aliphatic carbocycles. The summed E-state index contributed by atoms with van der Waals surface area (Å²) in [7, 11) is 1.22. The zero-order valence-corrected chi connectivity index (χ0v) is 18.9. The van der Waals surface area contributed by atoms with E-state index in [0.717, 1.165) is 5.39 Å². The summed E-state index contributed by atoms with van der Waals surface area (Å²) in [5.41, 5.74) is 6.06. The van der Waals surface area contributed by atoms with Gasteiger partial charge >= 0.3 is 17.7 Å². The number of carbonyl (C=O) groups is 3. The van der Waals surface area contributed by atoms with E-state index in [4.69, 9.17) is 10.2 Å². The van der Waals surface area contributed by atoms with Crippen molar-refractivity contribution in [3.63, 3.8) is 0 Å². The number of hydrogen-bond donors (Lipinski definition) is 3. The molecule has 35 heavy (non-hydrogen) atoms. The number of carboxylic acids is 1. The van der Waals surface area contributed by atoms with Gasteiger partial charge in [0.2, 0.25) is 11.5 Å². The fourth-order valence-electron chi connectivity index (χ4n) is 3.94. The first-order valence-electron chi connectivity index (χ1n) is 10.2. The second-order valence-electron chi connectivity index (χ2n) is 7.51. The molecule has 14 nitrogen and oxygen atoms in total. The third-order valence-corrected chi connectivity index (χ3v) is 6.77. The van der Waals surface area contributed by atoms with E-state index in [9.17, 15) is 19.5 Å². The first-order valence-corrected chi connectivity index (χ1v) is 11.2. The molecule has 5 rings (SSSR count). The van der Waals surface area contributed by atoms with Crippen LogP contribution in [0.15, 0.2) is 56.0 Å². The fourth-order valence-corrected chi connectivity index (χ4v) is 5.28. The summed E-state index contributed by atoms with van der Waals surface area (Å²) in [6.45, 7) is 0.219. The number of hydrogen-bond acceptors (Lipinski definition) is 11. The number of aromatic nitrogens is 3. The van der Waals surface area contributed by atoms with Crippen molar-refractivity contribution in [1.29, 1.82) is 0 Å². The summed E-state index contributed by atoms with van der Waals surface area (Å²) in [6, 6.07) is 4.24. The summed E-state index contributed by atoms with van der Waals surface area (Å²) < 4.78 is 12.0. The number of β-lactam (4-membered cyclic amide) rings is 1. The summed E-state index contributed by atoms with van der Waals surface area (Å²) in [6.07, 6.45) is 3.33. The number of aliphatic carboxylic acids is 1. The molecule has 0 aromatic carbocycles. The van der Waals surface area contributed by atoms with Gasteiger partial charge in [-0.2, -0.15) is 9.55 Å². The van der Waals surface area contributed by atoms with Crippen molar-refractivity contribution < 1.29 is 37.8 Å². The minimum atomic E-state index is -1.24. The van der Waals surface area contributed by atoms with Crippen LogP contribution in [0.5, 0.6) is 0 Å². The number of amides is 2. The molecule has 4 N–H and O–H groups in total. The lowest BCUT2D eigenvalue weighted by atomic mass is 10.0. The third-order valence-electron chi connectivity index (χ3n) is 5.43. The van der Waals surface area contributed by atoms with E-state index < -0.39 is 29.2 Å². The number of carboxylic acid groups (broad SMARTS) is 1. The van der Waals surface area contributed by atoms with E-state index in [1.54, 1.807) is 23.1 Å². The second-order valence-corrected chi connectivity index (χ2v) is 8.62. The van der Waals surface area contributed by atoms with Crippen LogP contribution in [0.3, 0.4) is 0 Å². The maximum Gasteiger partial charge on any atom is 0.380 e. The molecule has 2 aliphatic heterocycles. The molecule has 0 saturated carbocycles. The van der Waals surface area contributed by atoms with E-state index in [-0.39, 0.29) is 29.8 Å². The highest BCUT2D eigenvalue weighted by Crippen LogP contribution is 2.40. The number of oxime groups is 1. The van der Waals surface area contributed by atoms with Gasteiger partial charge in [0, 0.05) is 17.4 Å². The Morgan fingerprint density at radius 1 is 1.46 bits per heavy atom. The lowest BCUT2D eigenvalue weighted by molar-refractivity contribution is -0.669. The Kier molecular flexibility index (Phi) is 5.60. The molecular formula is C20H18N7O7S+. The average molecular weight is 500 g/mol. The van der Waals surface area contributed by atoms with Crippen molar-refractivity contribution in [2.75, 3.05) is 18.6 Å². The molecule has 0 spiro atoms. The minimum absolute atomic E-state index is 0.114. The molecule has 180 valence electrons. The average Bonchev–Trinajstić information content (AvgIpc) is 3.49.